The highest BCUT2D eigenvalue weighted by molar-refractivity contribution is 5.92. The average molecular weight is 292 g/mol. The van der Waals surface area contributed by atoms with E-state index in [0.717, 1.165) is 11.1 Å². The number of aliphatic hydroxyl groups excluding tert-OH is 1. The standard InChI is InChI=1S/C16H24N2O3/c1-11-5-6-12(10-19)9-13(11)18-14(20)7-8-17-15(21)16(2,3)4/h5-6,9,19H,7-8,10H2,1-4H3,(H,17,21)(H,18,20). The van der Waals surface area contributed by atoms with Crippen molar-refractivity contribution in [2.75, 3.05) is 11.9 Å². The van der Waals surface area contributed by atoms with Crippen molar-refractivity contribution in [1.82, 2.24) is 5.32 Å². The third-order valence-corrected chi connectivity index (χ3v) is 3.08. The fraction of sp³-hybridized carbons (Fsp3) is 0.500. The summed E-state index contributed by atoms with van der Waals surface area (Å²) in [5.41, 5.74) is 1.91. The van der Waals surface area contributed by atoms with Crippen LogP contribution in [0.4, 0.5) is 5.69 Å². The first kappa shape index (κ1) is 17.2. The summed E-state index contributed by atoms with van der Waals surface area (Å²) in [5, 5.41) is 14.6. The van der Waals surface area contributed by atoms with Crippen LogP contribution < -0.4 is 10.6 Å². The Morgan fingerprint density at radius 3 is 2.48 bits per heavy atom. The van der Waals surface area contributed by atoms with Crippen LogP contribution in [-0.4, -0.2) is 23.5 Å². The molecule has 0 bridgehead atoms. The maximum Gasteiger partial charge on any atom is 0.226 e. The van der Waals surface area contributed by atoms with Gasteiger partial charge >= 0.3 is 0 Å². The zero-order chi connectivity index (χ0) is 16.0. The average Bonchev–Trinajstić information content (AvgIpc) is 2.40. The van der Waals surface area contributed by atoms with Crippen LogP contribution in [0.2, 0.25) is 0 Å². The molecule has 0 spiro atoms. The molecule has 5 nitrogen and oxygen atoms in total. The fourth-order valence-corrected chi connectivity index (χ4v) is 1.67. The Kier molecular flexibility index (Phi) is 5.90. The predicted molar refractivity (Wildman–Crippen MR) is 82.8 cm³/mol. The van der Waals surface area contributed by atoms with Crippen LogP contribution in [0, 0.1) is 12.3 Å². The van der Waals surface area contributed by atoms with E-state index >= 15 is 0 Å². The van der Waals surface area contributed by atoms with Gasteiger partial charge in [-0.2, -0.15) is 0 Å². The minimum Gasteiger partial charge on any atom is -0.392 e. The van der Waals surface area contributed by atoms with E-state index in [2.05, 4.69) is 10.6 Å². The van der Waals surface area contributed by atoms with Crippen molar-refractivity contribution in [2.45, 2.75) is 40.7 Å². The molecule has 5 heteroatoms. The van der Waals surface area contributed by atoms with Crippen molar-refractivity contribution >= 4 is 17.5 Å². The molecule has 0 radical (unpaired) electrons. The molecule has 0 heterocycles. The van der Waals surface area contributed by atoms with Gasteiger partial charge in [-0.25, -0.2) is 0 Å². The Morgan fingerprint density at radius 2 is 1.90 bits per heavy atom. The predicted octanol–water partition coefficient (Wildman–Crippen LogP) is 1.98. The fourth-order valence-electron chi connectivity index (χ4n) is 1.67. The molecule has 0 aliphatic rings. The number of benzene rings is 1. The second kappa shape index (κ2) is 7.22. The lowest BCUT2D eigenvalue weighted by atomic mass is 9.96. The van der Waals surface area contributed by atoms with Crippen LogP contribution in [0.15, 0.2) is 18.2 Å². The van der Waals surface area contributed by atoms with Gasteiger partial charge in [0.1, 0.15) is 0 Å². The van der Waals surface area contributed by atoms with Crippen molar-refractivity contribution in [3.8, 4) is 0 Å². The Balaban J connectivity index is 2.49. The van der Waals surface area contributed by atoms with E-state index in [1.807, 2.05) is 39.8 Å². The molecule has 21 heavy (non-hydrogen) atoms. The second-order valence-corrected chi connectivity index (χ2v) is 6.11. The summed E-state index contributed by atoms with van der Waals surface area (Å²) in [6, 6.07) is 5.41. The lowest BCUT2D eigenvalue weighted by Gasteiger charge is -2.17. The van der Waals surface area contributed by atoms with Crippen LogP contribution >= 0.6 is 0 Å². The normalized spacial score (nSPS) is 11.1. The summed E-state index contributed by atoms with van der Waals surface area (Å²) in [6.07, 6.45) is 0.213. The van der Waals surface area contributed by atoms with Gasteiger partial charge in [-0.3, -0.25) is 9.59 Å². The highest BCUT2D eigenvalue weighted by Gasteiger charge is 2.20. The molecule has 116 valence electrons. The van der Waals surface area contributed by atoms with E-state index in [9.17, 15) is 9.59 Å². The third-order valence-electron chi connectivity index (χ3n) is 3.08. The summed E-state index contributed by atoms with van der Waals surface area (Å²) in [7, 11) is 0. The van der Waals surface area contributed by atoms with E-state index in [-0.39, 0.29) is 24.8 Å². The molecular weight excluding hydrogens is 268 g/mol. The number of rotatable bonds is 5. The molecule has 0 aromatic heterocycles. The van der Waals surface area contributed by atoms with Gasteiger partial charge in [0.15, 0.2) is 0 Å². The van der Waals surface area contributed by atoms with Crippen LogP contribution in [0.3, 0.4) is 0 Å². The van der Waals surface area contributed by atoms with Crippen LogP contribution in [0.1, 0.15) is 38.3 Å². The van der Waals surface area contributed by atoms with E-state index < -0.39 is 5.41 Å². The summed E-state index contributed by atoms with van der Waals surface area (Å²) in [4.78, 5) is 23.5. The molecule has 0 saturated carbocycles. The van der Waals surface area contributed by atoms with Crippen LogP contribution in [0.25, 0.3) is 0 Å². The lowest BCUT2D eigenvalue weighted by molar-refractivity contribution is -0.128. The molecule has 2 amide bonds. The molecule has 0 atom stereocenters. The SMILES string of the molecule is Cc1ccc(CO)cc1NC(=O)CCNC(=O)C(C)(C)C. The molecule has 1 aromatic rings. The molecule has 0 fully saturated rings. The maximum absolute atomic E-state index is 11.9. The first-order valence-electron chi connectivity index (χ1n) is 7.02. The number of aryl methyl sites for hydroxylation is 1. The molecule has 0 unspecified atom stereocenters. The first-order chi connectivity index (χ1) is 9.74. The van der Waals surface area contributed by atoms with Gasteiger partial charge in [-0.1, -0.05) is 32.9 Å². The molecule has 0 saturated heterocycles. The van der Waals surface area contributed by atoms with Crippen molar-refractivity contribution in [3.05, 3.63) is 29.3 Å². The Bertz CT molecular complexity index is 519. The van der Waals surface area contributed by atoms with Gasteiger partial charge < -0.3 is 15.7 Å². The van der Waals surface area contributed by atoms with Crippen molar-refractivity contribution in [2.24, 2.45) is 5.41 Å². The quantitative estimate of drug-likeness (QED) is 0.776. The van der Waals surface area contributed by atoms with Gasteiger partial charge in [0.05, 0.1) is 6.61 Å². The summed E-state index contributed by atoms with van der Waals surface area (Å²) in [5.74, 6) is -0.240. The van der Waals surface area contributed by atoms with E-state index in [4.69, 9.17) is 5.11 Å². The number of anilines is 1. The van der Waals surface area contributed by atoms with Gasteiger partial charge in [-0.05, 0) is 24.1 Å². The van der Waals surface area contributed by atoms with Crippen molar-refractivity contribution in [3.63, 3.8) is 0 Å². The van der Waals surface area contributed by atoms with Gasteiger partial charge in [0, 0.05) is 24.1 Å². The number of carbonyl (C=O) groups excluding carboxylic acids is 2. The Hall–Kier alpha value is -1.88. The van der Waals surface area contributed by atoms with Crippen molar-refractivity contribution in [1.29, 1.82) is 0 Å². The number of hydrogen-bond donors (Lipinski definition) is 3. The highest BCUT2D eigenvalue weighted by atomic mass is 16.3. The van der Waals surface area contributed by atoms with Gasteiger partial charge in [0.25, 0.3) is 0 Å². The number of hydrogen-bond acceptors (Lipinski definition) is 3. The number of carbonyl (C=O) groups is 2. The number of amides is 2. The van der Waals surface area contributed by atoms with E-state index in [1.54, 1.807) is 6.07 Å². The summed E-state index contributed by atoms with van der Waals surface area (Å²) in [6.45, 7) is 7.61. The number of aliphatic hydroxyl groups is 1. The molecule has 0 aliphatic carbocycles. The maximum atomic E-state index is 11.9. The largest absolute Gasteiger partial charge is 0.392 e. The topological polar surface area (TPSA) is 78.4 Å². The van der Waals surface area contributed by atoms with Crippen LogP contribution in [0.5, 0.6) is 0 Å². The minimum atomic E-state index is -0.456. The Morgan fingerprint density at radius 1 is 1.24 bits per heavy atom. The van der Waals surface area contributed by atoms with Gasteiger partial charge in [-0.15, -0.1) is 0 Å². The lowest BCUT2D eigenvalue weighted by Crippen LogP contribution is -2.36. The monoisotopic (exact) mass is 292 g/mol. The first-order valence-corrected chi connectivity index (χ1v) is 7.02. The highest BCUT2D eigenvalue weighted by Crippen LogP contribution is 2.17. The molecule has 1 rings (SSSR count). The molecule has 1 aromatic carbocycles. The zero-order valence-corrected chi connectivity index (χ0v) is 13.1. The smallest absolute Gasteiger partial charge is 0.226 e. The number of nitrogens with one attached hydrogen (secondary N) is 2. The second-order valence-electron chi connectivity index (χ2n) is 6.11. The van der Waals surface area contributed by atoms with Crippen molar-refractivity contribution < 1.29 is 14.7 Å². The summed E-state index contributed by atoms with van der Waals surface area (Å²) >= 11 is 0. The van der Waals surface area contributed by atoms with E-state index in [0.29, 0.717) is 12.2 Å². The Labute approximate surface area is 125 Å². The minimum absolute atomic E-state index is 0.0647. The summed E-state index contributed by atoms with van der Waals surface area (Å²) < 4.78 is 0. The van der Waals surface area contributed by atoms with Gasteiger partial charge in [0.2, 0.25) is 11.8 Å². The third kappa shape index (κ3) is 5.55. The molecule has 0 aliphatic heterocycles. The molecule has 3 N–H and O–H groups in total. The zero-order valence-electron chi connectivity index (χ0n) is 13.1. The molecular formula is C16H24N2O3. The van der Waals surface area contributed by atoms with Crippen LogP contribution in [-0.2, 0) is 16.2 Å². The van der Waals surface area contributed by atoms with E-state index in [1.165, 1.54) is 0 Å².